The summed E-state index contributed by atoms with van der Waals surface area (Å²) in [5.74, 6) is -0.619. The maximum absolute atomic E-state index is 13.4. The molecule has 0 spiro atoms. The molecule has 5 nitrogen and oxygen atoms in total. The first kappa shape index (κ1) is 24.9. The summed E-state index contributed by atoms with van der Waals surface area (Å²) in [7, 11) is 1.28. The van der Waals surface area contributed by atoms with Crippen LogP contribution in [0, 0.1) is 12.7 Å². The number of hydrogen-bond donors (Lipinski definition) is 1. The molecule has 3 aromatic carbocycles. The Bertz CT molecular complexity index is 1380. The Balaban J connectivity index is 1.45. The number of carbonyl (C=O) groups excluding carboxylic acids is 2. The molecule has 36 heavy (non-hydrogen) atoms. The van der Waals surface area contributed by atoms with Gasteiger partial charge < -0.3 is 14.8 Å². The van der Waals surface area contributed by atoms with Gasteiger partial charge >= 0.3 is 5.97 Å². The van der Waals surface area contributed by atoms with Gasteiger partial charge in [0.25, 0.3) is 0 Å². The van der Waals surface area contributed by atoms with E-state index in [1.54, 1.807) is 18.2 Å². The molecule has 0 aliphatic rings. The molecule has 0 radical (unpaired) electrons. The van der Waals surface area contributed by atoms with Crippen LogP contribution in [0.5, 0.6) is 5.75 Å². The second-order valence-corrected chi connectivity index (χ2v) is 9.13. The fourth-order valence-electron chi connectivity index (χ4n) is 3.64. The maximum Gasteiger partial charge on any atom is 0.341 e. The number of esters is 1. The molecule has 1 amide bonds. The molecule has 1 heterocycles. The predicted molar refractivity (Wildman–Crippen MR) is 141 cm³/mol. The normalized spacial score (nSPS) is 10.9. The van der Waals surface area contributed by atoms with E-state index >= 15 is 0 Å². The lowest BCUT2D eigenvalue weighted by atomic mass is 10.0. The Morgan fingerprint density at radius 1 is 0.972 bits per heavy atom. The molecular formula is C29H24FNO4S. The highest BCUT2D eigenvalue weighted by Crippen LogP contribution is 2.40. The number of halogens is 1. The fourth-order valence-corrected chi connectivity index (χ4v) is 4.70. The van der Waals surface area contributed by atoms with Gasteiger partial charge in [-0.05, 0) is 54.0 Å². The molecule has 0 saturated heterocycles. The van der Waals surface area contributed by atoms with E-state index in [9.17, 15) is 14.0 Å². The van der Waals surface area contributed by atoms with Crippen LogP contribution < -0.4 is 10.1 Å². The van der Waals surface area contributed by atoms with Gasteiger partial charge in [0.1, 0.15) is 28.7 Å². The first-order chi connectivity index (χ1) is 17.4. The molecule has 7 heteroatoms. The minimum absolute atomic E-state index is 0.244. The van der Waals surface area contributed by atoms with Crippen molar-refractivity contribution in [1.82, 2.24) is 0 Å². The van der Waals surface area contributed by atoms with Crippen LogP contribution in [-0.2, 0) is 16.1 Å². The highest BCUT2D eigenvalue weighted by Gasteiger charge is 2.24. The topological polar surface area (TPSA) is 64.6 Å². The second kappa shape index (κ2) is 11.5. The van der Waals surface area contributed by atoms with Crippen molar-refractivity contribution in [2.45, 2.75) is 13.5 Å². The van der Waals surface area contributed by atoms with Gasteiger partial charge in [-0.3, -0.25) is 4.79 Å². The van der Waals surface area contributed by atoms with Crippen LogP contribution in [0.3, 0.4) is 0 Å². The van der Waals surface area contributed by atoms with Crippen molar-refractivity contribution >= 4 is 34.3 Å². The number of methoxy groups -OCH3 is 1. The van der Waals surface area contributed by atoms with E-state index in [1.165, 1.54) is 36.7 Å². The Kier molecular flexibility index (Phi) is 7.92. The number of ether oxygens (including phenoxy) is 2. The van der Waals surface area contributed by atoms with Gasteiger partial charge in [0.05, 0.1) is 7.11 Å². The Labute approximate surface area is 212 Å². The number of aryl methyl sites for hydroxylation is 1. The third kappa shape index (κ3) is 6.06. The number of nitrogens with one attached hydrogen (secondary N) is 1. The van der Waals surface area contributed by atoms with Crippen molar-refractivity contribution in [1.29, 1.82) is 0 Å². The quantitative estimate of drug-likeness (QED) is 0.211. The molecule has 0 aliphatic carbocycles. The number of thiophene rings is 1. The smallest absolute Gasteiger partial charge is 0.341 e. The van der Waals surface area contributed by atoms with Gasteiger partial charge in [0.2, 0.25) is 5.91 Å². The van der Waals surface area contributed by atoms with E-state index in [0.29, 0.717) is 22.7 Å². The van der Waals surface area contributed by atoms with Gasteiger partial charge in [0.15, 0.2) is 0 Å². The first-order valence-electron chi connectivity index (χ1n) is 11.2. The molecule has 0 fully saturated rings. The summed E-state index contributed by atoms with van der Waals surface area (Å²) >= 11 is 1.26. The lowest BCUT2D eigenvalue weighted by Gasteiger charge is -2.07. The van der Waals surface area contributed by atoms with Crippen molar-refractivity contribution in [3.8, 4) is 16.9 Å². The van der Waals surface area contributed by atoms with Crippen molar-refractivity contribution in [2.75, 3.05) is 12.4 Å². The number of anilines is 1. The maximum atomic E-state index is 13.4. The molecule has 0 atom stereocenters. The Morgan fingerprint density at radius 3 is 2.33 bits per heavy atom. The molecule has 4 rings (SSSR count). The molecular weight excluding hydrogens is 477 g/mol. The van der Waals surface area contributed by atoms with E-state index in [1.807, 2.05) is 61.5 Å². The van der Waals surface area contributed by atoms with Crippen molar-refractivity contribution in [2.24, 2.45) is 0 Å². The average molecular weight is 502 g/mol. The molecule has 0 saturated carbocycles. The minimum Gasteiger partial charge on any atom is -0.489 e. The summed E-state index contributed by atoms with van der Waals surface area (Å²) < 4.78 is 24.1. The second-order valence-electron chi connectivity index (χ2n) is 7.90. The number of amides is 1. The highest BCUT2D eigenvalue weighted by molar-refractivity contribution is 7.17. The van der Waals surface area contributed by atoms with Crippen LogP contribution in [0.4, 0.5) is 9.39 Å². The predicted octanol–water partition coefficient (Wildman–Crippen LogP) is 6.88. The third-order valence-electron chi connectivity index (χ3n) is 5.40. The van der Waals surface area contributed by atoms with Crippen LogP contribution in [0.25, 0.3) is 17.2 Å². The molecule has 4 aromatic rings. The van der Waals surface area contributed by atoms with E-state index < -0.39 is 11.9 Å². The van der Waals surface area contributed by atoms with E-state index in [2.05, 4.69) is 5.32 Å². The fraction of sp³-hybridized carbons (Fsp3) is 0.103. The molecule has 1 aromatic heterocycles. The zero-order chi connectivity index (χ0) is 25.5. The number of rotatable bonds is 8. The minimum atomic E-state index is -0.580. The van der Waals surface area contributed by atoms with Crippen LogP contribution >= 0.6 is 11.3 Å². The van der Waals surface area contributed by atoms with Gasteiger partial charge in [0, 0.05) is 16.5 Å². The monoisotopic (exact) mass is 501 g/mol. The van der Waals surface area contributed by atoms with Gasteiger partial charge in [-0.1, -0.05) is 54.6 Å². The third-order valence-corrected chi connectivity index (χ3v) is 6.42. The van der Waals surface area contributed by atoms with Gasteiger partial charge in [-0.2, -0.15) is 0 Å². The van der Waals surface area contributed by atoms with Crippen molar-refractivity contribution in [3.63, 3.8) is 0 Å². The summed E-state index contributed by atoms with van der Waals surface area (Å²) in [6.07, 6.45) is 3.07. The van der Waals surface area contributed by atoms with Crippen LogP contribution in [0.15, 0.2) is 84.9 Å². The van der Waals surface area contributed by atoms with Crippen molar-refractivity contribution < 1.29 is 23.5 Å². The van der Waals surface area contributed by atoms with Crippen LogP contribution in [-0.4, -0.2) is 19.0 Å². The summed E-state index contributed by atoms with van der Waals surface area (Å²) in [4.78, 5) is 26.0. The number of benzene rings is 3. The van der Waals surface area contributed by atoms with Crippen molar-refractivity contribution in [3.05, 3.63) is 112 Å². The summed E-state index contributed by atoms with van der Waals surface area (Å²) in [6.45, 7) is 2.31. The van der Waals surface area contributed by atoms with E-state index in [4.69, 9.17) is 9.47 Å². The number of carbonyl (C=O) groups is 2. The molecule has 0 aliphatic heterocycles. The van der Waals surface area contributed by atoms with Gasteiger partial charge in [-0.15, -0.1) is 11.3 Å². The largest absolute Gasteiger partial charge is 0.489 e. The van der Waals surface area contributed by atoms with Crippen LogP contribution in [0.1, 0.15) is 26.4 Å². The van der Waals surface area contributed by atoms with E-state index in [-0.39, 0.29) is 11.4 Å². The summed E-state index contributed by atoms with van der Waals surface area (Å²) in [6, 6.07) is 23.1. The molecule has 0 unspecified atom stereocenters. The summed E-state index contributed by atoms with van der Waals surface area (Å²) in [5.41, 5.74) is 3.41. The SMILES string of the molecule is COC(=O)c1c(NC(=O)/C=C/c2ccc(OCc3ccccc3)cc2)sc(C)c1-c1ccc(F)cc1. The molecule has 182 valence electrons. The zero-order valence-electron chi connectivity index (χ0n) is 19.8. The van der Waals surface area contributed by atoms with E-state index in [0.717, 1.165) is 21.8 Å². The molecule has 1 N–H and O–H groups in total. The standard InChI is InChI=1S/C29H24FNO4S/c1-19-26(22-11-13-23(30)14-12-22)27(29(33)34-2)28(36-19)31-25(32)17-10-20-8-15-24(16-9-20)35-18-21-6-4-3-5-7-21/h3-17H,18H2,1-2H3,(H,31,32)/b17-10+. The lowest BCUT2D eigenvalue weighted by molar-refractivity contribution is -0.111. The van der Waals surface area contributed by atoms with Crippen LogP contribution in [0.2, 0.25) is 0 Å². The first-order valence-corrected chi connectivity index (χ1v) is 12.0. The Morgan fingerprint density at radius 2 is 1.67 bits per heavy atom. The molecule has 0 bridgehead atoms. The Hall–Kier alpha value is -4.23. The summed E-state index contributed by atoms with van der Waals surface area (Å²) in [5, 5.41) is 3.15. The lowest BCUT2D eigenvalue weighted by Crippen LogP contribution is -2.11. The number of hydrogen-bond acceptors (Lipinski definition) is 5. The highest BCUT2D eigenvalue weighted by atomic mass is 32.1. The zero-order valence-corrected chi connectivity index (χ0v) is 20.6. The average Bonchev–Trinajstić information content (AvgIpc) is 3.22. The van der Waals surface area contributed by atoms with Gasteiger partial charge in [-0.25, -0.2) is 9.18 Å².